The fourth-order valence-corrected chi connectivity index (χ4v) is 4.50. The molecule has 1 saturated heterocycles. The third-order valence-electron chi connectivity index (χ3n) is 6.60. The first-order valence-electron chi connectivity index (χ1n) is 11.7. The minimum Gasteiger partial charge on any atom is -0.399 e. The van der Waals surface area contributed by atoms with E-state index in [2.05, 4.69) is 97.8 Å². The zero-order valence-electron chi connectivity index (χ0n) is 20.4. The number of hydrazone groups is 1. The highest BCUT2D eigenvalue weighted by molar-refractivity contribution is 7.14. The van der Waals surface area contributed by atoms with Crippen LogP contribution < -0.4 is 10.9 Å². The fraction of sp³-hybridized carbons (Fsp3) is 0.214. The van der Waals surface area contributed by atoms with Crippen LogP contribution in [-0.2, 0) is 9.31 Å². The first-order valence-corrected chi connectivity index (χ1v) is 12.5. The van der Waals surface area contributed by atoms with E-state index in [1.807, 2.05) is 29.6 Å². The van der Waals surface area contributed by atoms with Crippen LogP contribution in [0.15, 0.2) is 89.3 Å². The molecule has 0 radical (unpaired) electrons. The van der Waals surface area contributed by atoms with Crippen LogP contribution in [-0.4, -0.2) is 29.5 Å². The quantitative estimate of drug-likeness (QED) is 0.202. The van der Waals surface area contributed by atoms with E-state index in [-0.39, 0.29) is 18.3 Å². The Bertz CT molecular complexity index is 1320. The van der Waals surface area contributed by atoms with E-state index in [0.29, 0.717) is 0 Å². The van der Waals surface area contributed by atoms with Crippen LogP contribution in [0.4, 0.5) is 5.13 Å². The molecule has 0 atom stereocenters. The van der Waals surface area contributed by atoms with Gasteiger partial charge in [0.15, 0.2) is 0 Å². The molecule has 1 aliphatic rings. The molecule has 7 heteroatoms. The summed E-state index contributed by atoms with van der Waals surface area (Å²) in [7, 11) is -0.370. The van der Waals surface area contributed by atoms with Crippen molar-refractivity contribution in [1.29, 1.82) is 0 Å². The van der Waals surface area contributed by atoms with Gasteiger partial charge in [-0.1, -0.05) is 78.9 Å². The molecule has 4 aromatic rings. The summed E-state index contributed by atoms with van der Waals surface area (Å²) in [6.45, 7) is 8.29. The predicted octanol–water partition coefficient (Wildman–Crippen LogP) is 6.22. The van der Waals surface area contributed by atoms with Crippen molar-refractivity contribution in [3.05, 3.63) is 89.8 Å². The van der Waals surface area contributed by atoms with E-state index in [0.717, 1.165) is 38.5 Å². The van der Waals surface area contributed by atoms with Crippen LogP contribution in [0, 0.1) is 0 Å². The van der Waals surface area contributed by atoms with Crippen LogP contribution in [0.3, 0.4) is 0 Å². The average Bonchev–Trinajstić information content (AvgIpc) is 3.41. The molecule has 0 bridgehead atoms. The Hall–Kier alpha value is -3.26. The summed E-state index contributed by atoms with van der Waals surface area (Å²) in [5.74, 6) is 0. The molecule has 0 unspecified atom stereocenters. The monoisotopic (exact) mass is 481 g/mol. The van der Waals surface area contributed by atoms with Crippen LogP contribution in [0.25, 0.3) is 22.4 Å². The highest BCUT2D eigenvalue weighted by Crippen LogP contribution is 2.36. The standard InChI is InChI=1S/C28H28BN3O2S/c1-27(2)28(3,4)34-29(33-27)24-12-8-11-23(17-24)21-15-13-20(14-16-21)18-30-32-26-31-25(19-35-26)22-9-6-5-7-10-22/h5-19H,1-4H3,(H,31,32). The van der Waals surface area contributed by atoms with Gasteiger partial charge in [0.1, 0.15) is 0 Å². The second-order valence-corrected chi connectivity index (χ2v) is 10.5. The van der Waals surface area contributed by atoms with Gasteiger partial charge < -0.3 is 9.31 Å². The van der Waals surface area contributed by atoms with Crippen LogP contribution in [0.2, 0.25) is 0 Å². The van der Waals surface area contributed by atoms with Gasteiger partial charge in [-0.15, -0.1) is 11.3 Å². The molecule has 35 heavy (non-hydrogen) atoms. The first kappa shape index (κ1) is 23.5. The second-order valence-electron chi connectivity index (χ2n) is 9.61. The highest BCUT2D eigenvalue weighted by Gasteiger charge is 2.51. The molecular formula is C28H28BN3O2S. The van der Waals surface area contributed by atoms with Crippen LogP contribution in [0.5, 0.6) is 0 Å². The maximum absolute atomic E-state index is 6.22. The van der Waals surface area contributed by atoms with Crippen molar-refractivity contribution in [3.8, 4) is 22.4 Å². The molecule has 176 valence electrons. The molecular weight excluding hydrogens is 453 g/mol. The predicted molar refractivity (Wildman–Crippen MR) is 146 cm³/mol. The normalized spacial score (nSPS) is 16.6. The molecule has 1 fully saturated rings. The Morgan fingerprint density at radius 2 is 1.51 bits per heavy atom. The molecule has 0 amide bonds. The van der Waals surface area contributed by atoms with Crippen molar-refractivity contribution in [2.75, 3.05) is 5.43 Å². The summed E-state index contributed by atoms with van der Waals surface area (Å²) < 4.78 is 12.4. The molecule has 0 saturated carbocycles. The summed E-state index contributed by atoms with van der Waals surface area (Å²) in [4.78, 5) is 4.60. The maximum Gasteiger partial charge on any atom is 0.494 e. The minimum atomic E-state index is -0.370. The van der Waals surface area contributed by atoms with Gasteiger partial charge in [0.25, 0.3) is 0 Å². The Morgan fingerprint density at radius 1 is 0.829 bits per heavy atom. The summed E-state index contributed by atoms with van der Waals surface area (Å²) in [5.41, 5.74) is 8.63. The van der Waals surface area contributed by atoms with Gasteiger partial charge in [-0.3, -0.25) is 5.43 Å². The Balaban J connectivity index is 1.24. The van der Waals surface area contributed by atoms with Gasteiger partial charge >= 0.3 is 7.12 Å². The number of rotatable bonds is 6. The van der Waals surface area contributed by atoms with Crippen molar-refractivity contribution in [1.82, 2.24) is 4.98 Å². The van der Waals surface area contributed by atoms with E-state index in [1.54, 1.807) is 6.21 Å². The topological polar surface area (TPSA) is 55.7 Å². The van der Waals surface area contributed by atoms with Gasteiger partial charge in [-0.05, 0) is 49.8 Å². The van der Waals surface area contributed by atoms with Crippen molar-refractivity contribution in [3.63, 3.8) is 0 Å². The lowest BCUT2D eigenvalue weighted by molar-refractivity contribution is 0.00578. The number of aromatic nitrogens is 1. The fourth-order valence-electron chi connectivity index (χ4n) is 3.83. The number of nitrogens with zero attached hydrogens (tertiary/aromatic N) is 2. The Labute approximate surface area is 211 Å². The third-order valence-corrected chi connectivity index (χ3v) is 7.35. The van der Waals surface area contributed by atoms with Crippen LogP contribution in [0.1, 0.15) is 33.3 Å². The molecule has 0 aliphatic carbocycles. The van der Waals surface area contributed by atoms with E-state index in [4.69, 9.17) is 9.31 Å². The van der Waals surface area contributed by atoms with Gasteiger partial charge in [0, 0.05) is 10.9 Å². The molecule has 5 nitrogen and oxygen atoms in total. The SMILES string of the molecule is CC1(C)OB(c2cccc(-c3ccc(C=NNc4nc(-c5ccccc5)cs4)cc3)c2)OC1(C)C. The largest absolute Gasteiger partial charge is 0.494 e. The molecule has 0 spiro atoms. The lowest BCUT2D eigenvalue weighted by Gasteiger charge is -2.32. The number of thiazole rings is 1. The smallest absolute Gasteiger partial charge is 0.399 e. The van der Waals surface area contributed by atoms with Crippen molar-refractivity contribution < 1.29 is 9.31 Å². The van der Waals surface area contributed by atoms with Gasteiger partial charge in [-0.2, -0.15) is 5.10 Å². The number of hydrogen-bond acceptors (Lipinski definition) is 6. The van der Waals surface area contributed by atoms with E-state index < -0.39 is 0 Å². The van der Waals surface area contributed by atoms with Crippen molar-refractivity contribution in [2.24, 2.45) is 5.10 Å². The number of anilines is 1. The molecule has 1 aromatic heterocycles. The highest BCUT2D eigenvalue weighted by atomic mass is 32.1. The lowest BCUT2D eigenvalue weighted by Crippen LogP contribution is -2.41. The zero-order chi connectivity index (χ0) is 24.5. The van der Waals surface area contributed by atoms with Gasteiger partial charge in [-0.25, -0.2) is 4.98 Å². The van der Waals surface area contributed by atoms with Crippen molar-refractivity contribution in [2.45, 2.75) is 38.9 Å². The summed E-state index contributed by atoms with van der Waals surface area (Å²) >= 11 is 1.53. The maximum atomic E-state index is 6.22. The number of nitrogens with one attached hydrogen (secondary N) is 1. The van der Waals surface area contributed by atoms with E-state index >= 15 is 0 Å². The summed E-state index contributed by atoms with van der Waals surface area (Å²) in [6, 6.07) is 26.8. The minimum absolute atomic E-state index is 0.357. The van der Waals surface area contributed by atoms with E-state index in [1.165, 1.54) is 11.3 Å². The van der Waals surface area contributed by atoms with E-state index in [9.17, 15) is 0 Å². The van der Waals surface area contributed by atoms with Gasteiger partial charge in [0.2, 0.25) is 5.13 Å². The summed E-state index contributed by atoms with van der Waals surface area (Å²) in [6.07, 6.45) is 1.80. The molecule has 2 heterocycles. The summed E-state index contributed by atoms with van der Waals surface area (Å²) in [5, 5.41) is 7.14. The zero-order valence-corrected chi connectivity index (χ0v) is 21.2. The second kappa shape index (κ2) is 9.42. The van der Waals surface area contributed by atoms with Crippen LogP contribution >= 0.6 is 11.3 Å². The molecule has 1 aliphatic heterocycles. The Kier molecular flexibility index (Phi) is 6.32. The Morgan fingerprint density at radius 3 is 2.23 bits per heavy atom. The first-order chi connectivity index (χ1) is 16.8. The van der Waals surface area contributed by atoms with Gasteiger partial charge in [0.05, 0.1) is 23.1 Å². The average molecular weight is 481 g/mol. The molecule has 5 rings (SSSR count). The third kappa shape index (κ3) is 5.08. The number of hydrogen-bond donors (Lipinski definition) is 1. The molecule has 3 aromatic carbocycles. The number of benzene rings is 3. The lowest BCUT2D eigenvalue weighted by atomic mass is 9.78. The molecule has 1 N–H and O–H groups in total. The van der Waals surface area contributed by atoms with Crippen molar-refractivity contribution >= 4 is 35.3 Å².